The number of halogens is 1. The largest absolute Gasteiger partial charge is 0.272 e. The van der Waals surface area contributed by atoms with Gasteiger partial charge < -0.3 is 0 Å². The minimum absolute atomic E-state index is 0.360. The third-order valence-electron chi connectivity index (χ3n) is 2.81. The number of benzene rings is 1. The van der Waals surface area contributed by atoms with Crippen molar-refractivity contribution in [2.24, 2.45) is 0 Å². The lowest BCUT2D eigenvalue weighted by molar-refractivity contribution is -0.385. The van der Waals surface area contributed by atoms with Crippen molar-refractivity contribution in [1.29, 1.82) is 0 Å². The molecule has 1 aliphatic rings. The normalized spacial score (nSPS) is 16.9. The molecule has 0 radical (unpaired) electrons. The van der Waals surface area contributed by atoms with Crippen LogP contribution < -0.4 is 0 Å². The van der Waals surface area contributed by atoms with Crippen LogP contribution in [0.2, 0.25) is 0 Å². The van der Waals surface area contributed by atoms with E-state index in [1.807, 2.05) is 0 Å². The molecule has 8 heteroatoms. The molecule has 2 rings (SSSR count). The summed E-state index contributed by atoms with van der Waals surface area (Å²) >= 11 is 0. The van der Waals surface area contributed by atoms with Crippen molar-refractivity contribution in [3.05, 3.63) is 34.1 Å². The fourth-order valence-electron chi connectivity index (χ4n) is 1.88. The summed E-state index contributed by atoms with van der Waals surface area (Å²) in [6, 6.07) is 2.57. The molecule has 1 saturated heterocycles. The van der Waals surface area contributed by atoms with E-state index >= 15 is 0 Å². The van der Waals surface area contributed by atoms with Gasteiger partial charge in [-0.15, -0.1) is 0 Å². The second-order valence-electron chi connectivity index (χ2n) is 3.98. The molecule has 0 bridgehead atoms. The summed E-state index contributed by atoms with van der Waals surface area (Å²) in [6.45, 7) is 0.720. The Hall–Kier alpha value is -1.54. The topological polar surface area (TPSA) is 80.5 Å². The van der Waals surface area contributed by atoms with E-state index in [1.54, 1.807) is 0 Å². The van der Waals surface area contributed by atoms with Gasteiger partial charge in [0, 0.05) is 19.2 Å². The van der Waals surface area contributed by atoms with Crippen LogP contribution in [-0.4, -0.2) is 30.7 Å². The molecule has 0 unspecified atom stereocenters. The van der Waals surface area contributed by atoms with Crippen molar-refractivity contribution in [1.82, 2.24) is 4.31 Å². The number of rotatable bonds is 3. The minimum atomic E-state index is -3.88. The Bertz CT molecular complexity index is 582. The van der Waals surface area contributed by atoms with Crippen LogP contribution in [0.1, 0.15) is 12.8 Å². The molecular formula is C10H11FN2O4S. The van der Waals surface area contributed by atoms with Gasteiger partial charge in [-0.25, -0.2) is 12.8 Å². The van der Waals surface area contributed by atoms with Gasteiger partial charge in [0.15, 0.2) is 0 Å². The molecule has 0 N–H and O–H groups in total. The number of nitrogens with zero attached hydrogens (tertiary/aromatic N) is 2. The third-order valence-corrected chi connectivity index (χ3v) is 4.74. The summed E-state index contributed by atoms with van der Waals surface area (Å²) in [5.41, 5.74) is -0.465. The molecule has 0 aliphatic carbocycles. The van der Waals surface area contributed by atoms with Crippen LogP contribution in [0.4, 0.5) is 10.1 Å². The molecule has 6 nitrogen and oxygen atoms in total. The number of nitro benzene ring substituents is 1. The van der Waals surface area contributed by atoms with Gasteiger partial charge in [0.05, 0.1) is 11.0 Å². The standard InChI is InChI=1S/C10H11FN2O4S/c11-9-7-8(13(14)15)3-4-10(9)18(16,17)12-5-1-2-6-12/h3-4,7H,1-2,5-6H2. The molecule has 1 aliphatic heterocycles. The van der Waals surface area contributed by atoms with Crippen molar-refractivity contribution >= 4 is 15.7 Å². The Morgan fingerprint density at radius 3 is 2.39 bits per heavy atom. The van der Waals surface area contributed by atoms with Crippen LogP contribution in [0.5, 0.6) is 0 Å². The van der Waals surface area contributed by atoms with E-state index in [-0.39, 0.29) is 0 Å². The highest BCUT2D eigenvalue weighted by Gasteiger charge is 2.30. The second-order valence-corrected chi connectivity index (χ2v) is 5.89. The highest BCUT2D eigenvalue weighted by molar-refractivity contribution is 7.89. The Kier molecular flexibility index (Phi) is 3.31. The number of sulfonamides is 1. The van der Waals surface area contributed by atoms with Crippen LogP contribution in [0.15, 0.2) is 23.1 Å². The average molecular weight is 274 g/mol. The number of hydrogen-bond acceptors (Lipinski definition) is 4. The number of hydrogen-bond donors (Lipinski definition) is 0. The first-order valence-electron chi connectivity index (χ1n) is 5.37. The van der Waals surface area contributed by atoms with Gasteiger partial charge in [0.25, 0.3) is 5.69 Å². The summed E-state index contributed by atoms with van der Waals surface area (Å²) in [6.07, 6.45) is 1.49. The van der Waals surface area contributed by atoms with E-state index in [0.29, 0.717) is 19.2 Å². The molecule has 1 heterocycles. The van der Waals surface area contributed by atoms with E-state index < -0.39 is 31.3 Å². The van der Waals surface area contributed by atoms with Crippen LogP contribution in [-0.2, 0) is 10.0 Å². The van der Waals surface area contributed by atoms with E-state index in [9.17, 15) is 22.9 Å². The Morgan fingerprint density at radius 2 is 1.89 bits per heavy atom. The van der Waals surface area contributed by atoms with Crippen molar-refractivity contribution in [3.8, 4) is 0 Å². The van der Waals surface area contributed by atoms with Crippen LogP contribution in [0.25, 0.3) is 0 Å². The zero-order chi connectivity index (χ0) is 13.3. The number of nitro groups is 1. The highest BCUT2D eigenvalue weighted by atomic mass is 32.2. The van der Waals surface area contributed by atoms with E-state index in [4.69, 9.17) is 0 Å². The van der Waals surface area contributed by atoms with Crippen LogP contribution >= 0.6 is 0 Å². The summed E-state index contributed by atoms with van der Waals surface area (Å²) in [5, 5.41) is 10.4. The van der Waals surface area contributed by atoms with Crippen LogP contribution in [0, 0.1) is 15.9 Å². The molecule has 0 amide bonds. The van der Waals surface area contributed by atoms with Crippen molar-refractivity contribution in [3.63, 3.8) is 0 Å². The minimum Gasteiger partial charge on any atom is -0.258 e. The SMILES string of the molecule is O=[N+]([O-])c1ccc(S(=O)(=O)N2CCCC2)c(F)c1. The molecule has 0 saturated carbocycles. The molecule has 0 aromatic heterocycles. The summed E-state index contributed by atoms with van der Waals surface area (Å²) in [5.74, 6) is -1.09. The molecule has 1 aromatic carbocycles. The molecule has 0 atom stereocenters. The highest BCUT2D eigenvalue weighted by Crippen LogP contribution is 2.25. The molecular weight excluding hydrogens is 263 g/mol. The molecule has 1 aromatic rings. The maximum Gasteiger partial charge on any atom is 0.272 e. The zero-order valence-corrected chi connectivity index (χ0v) is 10.2. The predicted molar refractivity (Wildman–Crippen MR) is 61.0 cm³/mol. The lowest BCUT2D eigenvalue weighted by atomic mass is 10.3. The monoisotopic (exact) mass is 274 g/mol. The van der Waals surface area contributed by atoms with E-state index in [0.717, 1.165) is 25.0 Å². The third kappa shape index (κ3) is 2.21. The second kappa shape index (κ2) is 4.62. The van der Waals surface area contributed by atoms with Crippen molar-refractivity contribution in [2.75, 3.05) is 13.1 Å². The maximum atomic E-state index is 13.6. The molecule has 0 spiro atoms. The van der Waals surface area contributed by atoms with Crippen molar-refractivity contribution < 1.29 is 17.7 Å². The van der Waals surface area contributed by atoms with Gasteiger partial charge in [-0.05, 0) is 18.9 Å². The first kappa shape index (κ1) is 12.9. The van der Waals surface area contributed by atoms with Gasteiger partial charge in [-0.2, -0.15) is 4.31 Å². The lowest BCUT2D eigenvalue weighted by Crippen LogP contribution is -2.28. The molecule has 98 valence electrons. The Balaban J connectivity index is 2.42. The average Bonchev–Trinajstić information content (AvgIpc) is 2.82. The van der Waals surface area contributed by atoms with E-state index in [2.05, 4.69) is 0 Å². The summed E-state index contributed by atoms with van der Waals surface area (Å²) in [7, 11) is -3.88. The first-order valence-corrected chi connectivity index (χ1v) is 6.81. The Labute approximate surface area is 103 Å². The summed E-state index contributed by atoms with van der Waals surface area (Å²) < 4.78 is 38.9. The smallest absolute Gasteiger partial charge is 0.258 e. The quantitative estimate of drug-likeness (QED) is 0.618. The maximum absolute atomic E-state index is 13.6. The lowest BCUT2D eigenvalue weighted by Gasteiger charge is -2.15. The van der Waals surface area contributed by atoms with Gasteiger partial charge in [-0.3, -0.25) is 10.1 Å². The predicted octanol–water partition coefficient (Wildman–Crippen LogP) is 1.52. The van der Waals surface area contributed by atoms with Gasteiger partial charge in [-0.1, -0.05) is 0 Å². The van der Waals surface area contributed by atoms with Crippen molar-refractivity contribution in [2.45, 2.75) is 17.7 Å². The fraction of sp³-hybridized carbons (Fsp3) is 0.400. The zero-order valence-electron chi connectivity index (χ0n) is 9.37. The van der Waals surface area contributed by atoms with Gasteiger partial charge in [0.2, 0.25) is 10.0 Å². The fourth-order valence-corrected chi connectivity index (χ4v) is 3.44. The summed E-state index contributed by atoms with van der Waals surface area (Å²) in [4.78, 5) is 9.18. The Morgan fingerprint density at radius 1 is 1.28 bits per heavy atom. The van der Waals surface area contributed by atoms with Gasteiger partial charge in [0.1, 0.15) is 10.7 Å². The molecule has 1 fully saturated rings. The number of non-ortho nitro benzene ring substituents is 1. The molecule has 18 heavy (non-hydrogen) atoms. The first-order chi connectivity index (χ1) is 8.43. The van der Waals surface area contributed by atoms with Crippen LogP contribution in [0.3, 0.4) is 0 Å². The van der Waals surface area contributed by atoms with Gasteiger partial charge >= 0.3 is 0 Å². The van der Waals surface area contributed by atoms with E-state index in [1.165, 1.54) is 4.31 Å².